The molecule has 1 unspecified atom stereocenters. The van der Waals surface area contributed by atoms with E-state index in [-0.39, 0.29) is 0 Å². The number of hydrogen-bond donors (Lipinski definition) is 0. The third-order valence-electron chi connectivity index (χ3n) is 6.84. The molecule has 0 aliphatic carbocycles. The molecule has 0 amide bonds. The van der Waals surface area contributed by atoms with Crippen LogP contribution in [0, 0.1) is 0 Å². The van der Waals surface area contributed by atoms with Crippen molar-refractivity contribution in [1.82, 2.24) is 19.5 Å². The minimum atomic E-state index is -2.43. The Morgan fingerprint density at radius 3 is 2.62 bits per heavy atom. The van der Waals surface area contributed by atoms with E-state index in [4.69, 9.17) is 4.98 Å². The summed E-state index contributed by atoms with van der Waals surface area (Å²) in [6, 6.07) is 14.7. The van der Waals surface area contributed by atoms with Gasteiger partial charge in [-0.3, -0.25) is 24.2 Å². The van der Waals surface area contributed by atoms with E-state index in [1.54, 1.807) is 31.0 Å². The molecule has 7 nitrogen and oxygen atoms in total. The Morgan fingerprint density at radius 2 is 1.85 bits per heavy atom. The molecule has 4 heterocycles. The van der Waals surface area contributed by atoms with Gasteiger partial charge in [0, 0.05) is 74.2 Å². The Hall–Kier alpha value is -4.30. The van der Waals surface area contributed by atoms with Gasteiger partial charge in [0.05, 0.1) is 27.8 Å². The number of aromatic nitrogens is 4. The van der Waals surface area contributed by atoms with E-state index in [0.29, 0.717) is 11.4 Å². The standard InChI is InChI=1S/C30H28N6OS.C2H6/c1-35-12-8-22-6-7-23(13-29(22)35)27-15-24(16-28-30(27)34-11-10-33-28)36(20-21-5-4-9-31-17-21)25-14-26(19-32-18-25)38(2,3)37;1-2/h5-8,10-19H,2,4,9,20H2,1,3H3;1-2H3. The lowest BCUT2D eigenvalue weighted by atomic mass is 10.0. The molecular weight excluding hydrogens is 516 g/mol. The van der Waals surface area contributed by atoms with Crippen LogP contribution in [-0.4, -0.2) is 55.2 Å². The third kappa shape index (κ3) is 5.53. The first-order valence-electron chi connectivity index (χ1n) is 13.4. The van der Waals surface area contributed by atoms with Gasteiger partial charge in [0.1, 0.15) is 0 Å². The molecule has 1 aliphatic heterocycles. The van der Waals surface area contributed by atoms with E-state index >= 15 is 0 Å². The fraction of sp³-hybridized carbons (Fsp3) is 0.219. The highest BCUT2D eigenvalue weighted by Gasteiger charge is 2.18. The number of benzene rings is 2. The molecule has 0 bridgehead atoms. The van der Waals surface area contributed by atoms with Crippen molar-refractivity contribution in [3.8, 4) is 11.1 Å². The lowest BCUT2D eigenvalue weighted by Gasteiger charge is -2.27. The number of hydrogen-bond acceptors (Lipinski definition) is 6. The second-order valence-corrected chi connectivity index (χ2v) is 12.2. The van der Waals surface area contributed by atoms with Crippen molar-refractivity contribution < 1.29 is 4.21 Å². The molecule has 0 saturated heterocycles. The summed E-state index contributed by atoms with van der Waals surface area (Å²) < 4.78 is 14.9. The maximum Gasteiger partial charge on any atom is 0.0966 e. The van der Waals surface area contributed by atoms with Gasteiger partial charge in [-0.2, -0.15) is 0 Å². The van der Waals surface area contributed by atoms with E-state index < -0.39 is 9.52 Å². The van der Waals surface area contributed by atoms with Crippen LogP contribution in [-0.2, 0) is 16.6 Å². The highest BCUT2D eigenvalue weighted by atomic mass is 32.2. The Bertz CT molecular complexity index is 1850. The molecule has 0 saturated carbocycles. The number of rotatable bonds is 6. The highest BCUT2D eigenvalue weighted by Crippen LogP contribution is 2.36. The normalized spacial score (nSPS) is 14.3. The second kappa shape index (κ2) is 11.4. The van der Waals surface area contributed by atoms with Gasteiger partial charge in [-0.05, 0) is 68.7 Å². The molecule has 204 valence electrons. The number of aryl methyl sites for hydroxylation is 1. The average molecular weight is 551 g/mol. The predicted molar refractivity (Wildman–Crippen MR) is 170 cm³/mol. The van der Waals surface area contributed by atoms with Gasteiger partial charge >= 0.3 is 0 Å². The molecule has 6 rings (SSSR count). The molecule has 8 heteroatoms. The van der Waals surface area contributed by atoms with Gasteiger partial charge in [0.25, 0.3) is 0 Å². The number of pyridine rings is 1. The molecule has 1 aliphatic rings. The summed E-state index contributed by atoms with van der Waals surface area (Å²) in [5.74, 6) is 3.87. The van der Waals surface area contributed by atoms with Gasteiger partial charge in [-0.15, -0.1) is 0 Å². The van der Waals surface area contributed by atoms with E-state index in [0.717, 1.165) is 57.6 Å². The summed E-state index contributed by atoms with van der Waals surface area (Å²) in [5, 5.41) is 1.19. The van der Waals surface area contributed by atoms with Crippen molar-refractivity contribution in [1.29, 1.82) is 0 Å². The number of anilines is 2. The molecule has 0 N–H and O–H groups in total. The fourth-order valence-corrected chi connectivity index (χ4v) is 5.49. The van der Waals surface area contributed by atoms with Crippen molar-refractivity contribution in [3.05, 3.63) is 85.1 Å². The Balaban J connectivity index is 0.00000158. The zero-order chi connectivity index (χ0) is 28.3. The molecule has 0 fully saturated rings. The Labute approximate surface area is 236 Å². The lowest BCUT2D eigenvalue weighted by molar-refractivity contribution is 0.684. The van der Waals surface area contributed by atoms with Crippen LogP contribution in [0.25, 0.3) is 33.1 Å². The van der Waals surface area contributed by atoms with Gasteiger partial charge in [-0.25, -0.2) is 0 Å². The van der Waals surface area contributed by atoms with Crippen LogP contribution in [0.2, 0.25) is 0 Å². The lowest BCUT2D eigenvalue weighted by Crippen LogP contribution is -2.22. The maximum absolute atomic E-state index is 12.8. The van der Waals surface area contributed by atoms with Gasteiger partial charge in [-0.1, -0.05) is 32.1 Å². The van der Waals surface area contributed by atoms with Crippen LogP contribution in [0.3, 0.4) is 0 Å². The van der Waals surface area contributed by atoms with E-state index in [1.165, 1.54) is 5.39 Å². The van der Waals surface area contributed by atoms with Gasteiger partial charge in [0.15, 0.2) is 0 Å². The van der Waals surface area contributed by atoms with Crippen LogP contribution < -0.4 is 4.90 Å². The molecule has 40 heavy (non-hydrogen) atoms. The maximum atomic E-state index is 12.8. The topological polar surface area (TPSA) is 76.3 Å². The summed E-state index contributed by atoms with van der Waals surface area (Å²) >= 11 is 0. The van der Waals surface area contributed by atoms with Crippen molar-refractivity contribution >= 4 is 54.9 Å². The zero-order valence-corrected chi connectivity index (χ0v) is 24.2. The van der Waals surface area contributed by atoms with E-state index in [2.05, 4.69) is 80.0 Å². The van der Waals surface area contributed by atoms with Gasteiger partial charge < -0.3 is 9.47 Å². The minimum absolute atomic E-state index is 0.582. The molecule has 3 aromatic heterocycles. The number of nitrogens with zero attached hydrogens (tertiary/aromatic N) is 6. The van der Waals surface area contributed by atoms with Crippen molar-refractivity contribution in [2.75, 3.05) is 24.2 Å². The SMILES string of the molecule is C=S(C)(=O)c1cncc(N(CC2=CCCN=C2)c2cc(-c3ccc4ccn(C)c4c3)c3nccnc3c2)c1.CC. The van der Waals surface area contributed by atoms with Crippen LogP contribution in [0.5, 0.6) is 0 Å². The fourth-order valence-electron chi connectivity index (χ4n) is 4.84. The summed E-state index contributed by atoms with van der Waals surface area (Å²) in [6.45, 7) is 5.38. The first kappa shape index (κ1) is 27.3. The first-order chi connectivity index (χ1) is 19.4. The van der Waals surface area contributed by atoms with Crippen molar-refractivity contribution in [2.45, 2.75) is 25.2 Å². The number of aliphatic imine (C=N–C) groups is 1. The zero-order valence-electron chi connectivity index (χ0n) is 23.4. The smallest absolute Gasteiger partial charge is 0.0966 e. The van der Waals surface area contributed by atoms with E-state index in [1.807, 2.05) is 32.2 Å². The molecule has 1 atom stereocenters. The Kier molecular flexibility index (Phi) is 7.80. The first-order valence-corrected chi connectivity index (χ1v) is 15.5. The molecule has 5 aromatic rings. The average Bonchev–Trinajstić information content (AvgIpc) is 3.36. The monoisotopic (exact) mass is 550 g/mol. The number of dihydropyridines is 1. The van der Waals surface area contributed by atoms with Crippen molar-refractivity contribution in [3.63, 3.8) is 0 Å². The van der Waals surface area contributed by atoms with Crippen LogP contribution in [0.1, 0.15) is 20.3 Å². The molecule has 0 spiro atoms. The molecule has 2 aromatic carbocycles. The van der Waals surface area contributed by atoms with Gasteiger partial charge in [0.2, 0.25) is 0 Å². The molecule has 0 radical (unpaired) electrons. The quantitative estimate of drug-likeness (QED) is 0.227. The van der Waals surface area contributed by atoms with Crippen LogP contribution >= 0.6 is 0 Å². The second-order valence-electron chi connectivity index (χ2n) is 9.69. The Morgan fingerprint density at radius 1 is 1.02 bits per heavy atom. The summed E-state index contributed by atoms with van der Waals surface area (Å²) in [5.41, 5.74) is 7.71. The number of fused-ring (bicyclic) bond motifs is 2. The van der Waals surface area contributed by atoms with Crippen LogP contribution in [0.15, 0.2) is 95.0 Å². The summed E-state index contributed by atoms with van der Waals surface area (Å²) in [4.78, 5) is 21.1. The van der Waals surface area contributed by atoms with E-state index in [9.17, 15) is 4.21 Å². The summed E-state index contributed by atoms with van der Waals surface area (Å²) in [7, 11) is -0.383. The third-order valence-corrected chi connectivity index (χ3v) is 8.06. The highest BCUT2D eigenvalue weighted by molar-refractivity contribution is 7.99. The summed E-state index contributed by atoms with van der Waals surface area (Å²) in [6.07, 6.45) is 15.6. The minimum Gasteiger partial charge on any atom is -0.351 e. The van der Waals surface area contributed by atoms with Crippen molar-refractivity contribution in [2.24, 2.45) is 12.0 Å². The predicted octanol–water partition coefficient (Wildman–Crippen LogP) is 6.45. The van der Waals surface area contributed by atoms with Crippen LogP contribution in [0.4, 0.5) is 11.4 Å². The largest absolute Gasteiger partial charge is 0.351 e. The molecular formula is C32H34N6OS.